The van der Waals surface area contributed by atoms with Crippen molar-refractivity contribution in [2.75, 3.05) is 59.7 Å². The zero-order chi connectivity index (χ0) is 26.2. The number of likely N-dealkylation sites (tertiary alicyclic amines) is 1. The molecule has 1 aromatic heterocycles. The molecule has 6 nitrogen and oxygen atoms in total. The van der Waals surface area contributed by atoms with Crippen LogP contribution in [0.4, 0.5) is 0 Å². The number of nitrogens with zero attached hydrogens (tertiary/aromatic N) is 3. The summed E-state index contributed by atoms with van der Waals surface area (Å²) in [6.07, 6.45) is 16.1. The molecule has 3 aliphatic rings. The topological polar surface area (TPSA) is 58.1 Å². The first-order valence-electron chi connectivity index (χ1n) is 15.3. The van der Waals surface area contributed by atoms with Gasteiger partial charge in [-0.3, -0.25) is 9.88 Å². The number of aromatic nitrogens is 1. The maximum atomic E-state index is 10.5. The number of aryl methyl sites for hydroxylation is 1. The summed E-state index contributed by atoms with van der Waals surface area (Å²) in [7, 11) is 1.73. The molecular weight excluding hydrogens is 474 g/mol. The van der Waals surface area contributed by atoms with Gasteiger partial charge in [0, 0.05) is 37.8 Å². The van der Waals surface area contributed by atoms with E-state index in [2.05, 4.69) is 28.1 Å². The minimum atomic E-state index is 0.0756. The zero-order valence-corrected chi connectivity index (χ0v) is 23.6. The smallest absolute Gasteiger partial charge is 0.119 e. The molecule has 3 fully saturated rings. The van der Waals surface area contributed by atoms with Crippen LogP contribution >= 0.6 is 0 Å². The monoisotopic (exact) mass is 523 g/mol. The van der Waals surface area contributed by atoms with E-state index in [-0.39, 0.29) is 5.41 Å². The Balaban J connectivity index is 1.21. The molecule has 0 unspecified atom stereocenters. The normalized spacial score (nSPS) is 21.6. The van der Waals surface area contributed by atoms with Crippen LogP contribution in [0.25, 0.3) is 10.9 Å². The molecule has 2 aromatic rings. The number of aliphatic hydroxyl groups excluding tert-OH is 1. The lowest BCUT2D eigenvalue weighted by Gasteiger charge is -2.41. The maximum absolute atomic E-state index is 10.5. The van der Waals surface area contributed by atoms with E-state index >= 15 is 0 Å². The zero-order valence-electron chi connectivity index (χ0n) is 23.6. The number of aliphatic hydroxyl groups is 1. The maximum Gasteiger partial charge on any atom is 0.119 e. The molecule has 0 spiro atoms. The third-order valence-electron chi connectivity index (χ3n) is 9.74. The summed E-state index contributed by atoms with van der Waals surface area (Å²) in [4.78, 5) is 9.96. The molecule has 1 aromatic carbocycles. The number of ether oxygens (including phenoxy) is 2. The molecule has 0 amide bonds. The number of morpholine rings is 1. The highest BCUT2D eigenvalue weighted by Gasteiger charge is 2.33. The standard InChI is InChI=1S/C32H49N3O3/c1-37-28-9-10-31-30(22-28)29(27(23-33-31)24-35-18-20-38-21-19-35)8-5-12-32(25-36)13-16-34(17-14-32)15-11-26-6-3-2-4-7-26/h9-10,22-23,26,36H,2-8,11-21,24-25H2,1H3. The molecule has 6 heteroatoms. The molecule has 1 aliphatic carbocycles. The van der Waals surface area contributed by atoms with Crippen LogP contribution in [-0.2, 0) is 17.7 Å². The number of rotatable bonds is 11. The lowest BCUT2D eigenvalue weighted by Crippen LogP contribution is -2.42. The Morgan fingerprint density at radius 2 is 1.84 bits per heavy atom. The van der Waals surface area contributed by atoms with Crippen molar-refractivity contribution in [3.05, 3.63) is 35.5 Å². The quantitative estimate of drug-likeness (QED) is 0.423. The van der Waals surface area contributed by atoms with Gasteiger partial charge in [0.15, 0.2) is 0 Å². The van der Waals surface area contributed by atoms with Crippen LogP contribution in [-0.4, -0.2) is 79.5 Å². The molecular formula is C32H49N3O3. The first kappa shape index (κ1) is 27.8. The summed E-state index contributed by atoms with van der Waals surface area (Å²) < 4.78 is 11.2. The lowest BCUT2D eigenvalue weighted by molar-refractivity contribution is 0.0327. The second-order valence-corrected chi connectivity index (χ2v) is 12.2. The molecule has 210 valence electrons. The number of pyridine rings is 1. The molecule has 0 radical (unpaired) electrons. The molecule has 3 heterocycles. The van der Waals surface area contributed by atoms with Crippen LogP contribution < -0.4 is 4.74 Å². The van der Waals surface area contributed by atoms with Crippen LogP contribution in [0.15, 0.2) is 24.4 Å². The van der Waals surface area contributed by atoms with Gasteiger partial charge >= 0.3 is 0 Å². The van der Waals surface area contributed by atoms with Crippen molar-refractivity contribution in [2.24, 2.45) is 11.3 Å². The van der Waals surface area contributed by atoms with Gasteiger partial charge in [0.25, 0.3) is 0 Å². The van der Waals surface area contributed by atoms with Crippen molar-refractivity contribution in [1.29, 1.82) is 0 Å². The lowest BCUT2D eigenvalue weighted by atomic mass is 9.74. The molecule has 2 saturated heterocycles. The van der Waals surface area contributed by atoms with Crippen molar-refractivity contribution in [2.45, 2.75) is 77.2 Å². The number of fused-ring (bicyclic) bond motifs is 1. The van der Waals surface area contributed by atoms with E-state index in [1.165, 1.54) is 61.6 Å². The van der Waals surface area contributed by atoms with Gasteiger partial charge in [0.05, 0.1) is 25.8 Å². The highest BCUT2D eigenvalue weighted by Crippen LogP contribution is 2.37. The fourth-order valence-corrected chi connectivity index (χ4v) is 7.05. The average molecular weight is 524 g/mol. The van der Waals surface area contributed by atoms with Gasteiger partial charge in [-0.05, 0) is 98.8 Å². The Morgan fingerprint density at radius 1 is 1.05 bits per heavy atom. The highest BCUT2D eigenvalue weighted by atomic mass is 16.5. The fourth-order valence-electron chi connectivity index (χ4n) is 7.05. The number of hydrogen-bond donors (Lipinski definition) is 1. The van der Waals surface area contributed by atoms with E-state index in [1.54, 1.807) is 7.11 Å². The number of methoxy groups -OCH3 is 1. The van der Waals surface area contributed by atoms with Gasteiger partial charge < -0.3 is 19.5 Å². The second kappa shape index (κ2) is 13.6. The van der Waals surface area contributed by atoms with E-state index < -0.39 is 0 Å². The Bertz CT molecular complexity index is 1010. The van der Waals surface area contributed by atoms with E-state index in [0.717, 1.165) is 95.2 Å². The van der Waals surface area contributed by atoms with Crippen molar-refractivity contribution in [1.82, 2.24) is 14.8 Å². The van der Waals surface area contributed by atoms with Gasteiger partial charge in [-0.25, -0.2) is 0 Å². The van der Waals surface area contributed by atoms with Crippen LogP contribution in [0, 0.1) is 11.3 Å². The molecule has 1 N–H and O–H groups in total. The van der Waals surface area contributed by atoms with Crippen molar-refractivity contribution >= 4 is 10.9 Å². The summed E-state index contributed by atoms with van der Waals surface area (Å²) in [6.45, 7) is 8.33. The molecule has 1 saturated carbocycles. The summed E-state index contributed by atoms with van der Waals surface area (Å²) >= 11 is 0. The Labute approximate surface area is 229 Å². The van der Waals surface area contributed by atoms with Crippen LogP contribution in [0.3, 0.4) is 0 Å². The van der Waals surface area contributed by atoms with Crippen LogP contribution in [0.1, 0.15) is 75.3 Å². The fraction of sp³-hybridized carbons (Fsp3) is 0.719. The Hall–Kier alpha value is -1.73. The Kier molecular flexibility index (Phi) is 9.93. The number of hydrogen-bond acceptors (Lipinski definition) is 6. The van der Waals surface area contributed by atoms with Crippen LogP contribution in [0.5, 0.6) is 5.75 Å². The van der Waals surface area contributed by atoms with Gasteiger partial charge in [0.2, 0.25) is 0 Å². The minimum Gasteiger partial charge on any atom is -0.497 e. The van der Waals surface area contributed by atoms with E-state index in [9.17, 15) is 5.11 Å². The van der Waals surface area contributed by atoms with Crippen molar-refractivity contribution in [3.63, 3.8) is 0 Å². The van der Waals surface area contributed by atoms with Gasteiger partial charge in [-0.2, -0.15) is 0 Å². The molecule has 5 rings (SSSR count). The summed E-state index contributed by atoms with van der Waals surface area (Å²) in [5.41, 5.74) is 3.84. The molecule has 0 bridgehead atoms. The predicted octanol–water partition coefficient (Wildman–Crippen LogP) is 5.44. The first-order valence-corrected chi connectivity index (χ1v) is 15.3. The van der Waals surface area contributed by atoms with E-state index in [1.807, 2.05) is 6.07 Å². The summed E-state index contributed by atoms with van der Waals surface area (Å²) in [5.74, 6) is 1.84. The van der Waals surface area contributed by atoms with Crippen molar-refractivity contribution in [3.8, 4) is 5.75 Å². The third kappa shape index (κ3) is 7.07. The largest absolute Gasteiger partial charge is 0.497 e. The number of benzene rings is 1. The van der Waals surface area contributed by atoms with E-state index in [4.69, 9.17) is 14.5 Å². The average Bonchev–Trinajstić information content (AvgIpc) is 2.98. The summed E-state index contributed by atoms with van der Waals surface area (Å²) in [5, 5.41) is 11.7. The SMILES string of the molecule is COc1ccc2ncc(CN3CCOCC3)c(CCCC3(CO)CCN(CCC4CCCCC4)CC3)c2c1. The summed E-state index contributed by atoms with van der Waals surface area (Å²) in [6, 6.07) is 6.24. The van der Waals surface area contributed by atoms with Gasteiger partial charge in [0.1, 0.15) is 5.75 Å². The highest BCUT2D eigenvalue weighted by molar-refractivity contribution is 5.84. The van der Waals surface area contributed by atoms with E-state index in [0.29, 0.717) is 6.61 Å². The van der Waals surface area contributed by atoms with Gasteiger partial charge in [-0.15, -0.1) is 0 Å². The van der Waals surface area contributed by atoms with Crippen molar-refractivity contribution < 1.29 is 14.6 Å². The predicted molar refractivity (Wildman–Crippen MR) is 154 cm³/mol. The molecule has 38 heavy (non-hydrogen) atoms. The molecule has 0 atom stereocenters. The van der Waals surface area contributed by atoms with Gasteiger partial charge in [-0.1, -0.05) is 32.1 Å². The second-order valence-electron chi connectivity index (χ2n) is 12.2. The Morgan fingerprint density at radius 3 is 2.58 bits per heavy atom. The minimum absolute atomic E-state index is 0.0756. The number of piperidine rings is 1. The molecule has 2 aliphatic heterocycles. The third-order valence-corrected chi connectivity index (χ3v) is 9.74. The first-order chi connectivity index (χ1) is 18.7. The van der Waals surface area contributed by atoms with Crippen LogP contribution in [0.2, 0.25) is 0 Å².